The molecule has 1 saturated heterocycles. The summed E-state index contributed by atoms with van der Waals surface area (Å²) < 4.78 is 8.75. The standard InChI is InChI=1S/C18H20N4O3/c1-13(22-15-6-2-3-7-16(15)25-18(22)24)17(23)20-9-4-5-14(11-20)21-10-8-19-12-21/h2-3,6-8,10,12-14H,4-5,9,11H2,1H3/t13-,14+/m0/s1. The number of carbonyl (C=O) groups excluding carboxylic acids is 1. The van der Waals surface area contributed by atoms with Gasteiger partial charge >= 0.3 is 5.76 Å². The molecule has 7 nitrogen and oxygen atoms in total. The summed E-state index contributed by atoms with van der Waals surface area (Å²) in [5.41, 5.74) is 1.15. The van der Waals surface area contributed by atoms with Crippen LogP contribution in [-0.4, -0.2) is 38.0 Å². The smallest absolute Gasteiger partial charge is 0.408 e. The fraction of sp³-hybridized carbons (Fsp3) is 0.389. The lowest BCUT2D eigenvalue weighted by atomic mass is 10.0. The minimum atomic E-state index is -0.599. The highest BCUT2D eigenvalue weighted by Crippen LogP contribution is 2.24. The van der Waals surface area contributed by atoms with Crippen molar-refractivity contribution in [2.45, 2.75) is 31.8 Å². The Balaban J connectivity index is 1.59. The van der Waals surface area contributed by atoms with Gasteiger partial charge in [-0.25, -0.2) is 9.78 Å². The Hall–Kier alpha value is -2.83. The molecule has 0 bridgehead atoms. The van der Waals surface area contributed by atoms with Crippen molar-refractivity contribution in [1.29, 1.82) is 0 Å². The normalized spacial score (nSPS) is 19.2. The number of hydrogen-bond acceptors (Lipinski definition) is 4. The molecule has 2 atom stereocenters. The van der Waals surface area contributed by atoms with E-state index in [-0.39, 0.29) is 11.9 Å². The first-order chi connectivity index (χ1) is 12.1. The molecule has 0 saturated carbocycles. The molecule has 130 valence electrons. The summed E-state index contributed by atoms with van der Waals surface area (Å²) in [4.78, 5) is 31.2. The lowest BCUT2D eigenvalue weighted by Gasteiger charge is -2.34. The number of para-hydroxylation sites is 2. The number of aromatic nitrogens is 3. The van der Waals surface area contributed by atoms with Crippen LogP contribution in [0.3, 0.4) is 0 Å². The second kappa shape index (κ2) is 6.23. The number of nitrogens with zero attached hydrogens (tertiary/aromatic N) is 4. The van der Waals surface area contributed by atoms with E-state index in [1.807, 2.05) is 27.8 Å². The first-order valence-electron chi connectivity index (χ1n) is 8.51. The lowest BCUT2D eigenvalue weighted by molar-refractivity contribution is -0.136. The molecule has 2 aromatic heterocycles. The van der Waals surface area contributed by atoms with Crippen molar-refractivity contribution in [3.05, 3.63) is 53.5 Å². The molecule has 1 aliphatic rings. The van der Waals surface area contributed by atoms with E-state index in [4.69, 9.17) is 4.42 Å². The number of benzene rings is 1. The van der Waals surface area contributed by atoms with Crippen LogP contribution in [0.2, 0.25) is 0 Å². The predicted molar refractivity (Wildman–Crippen MR) is 92.3 cm³/mol. The molecule has 1 fully saturated rings. The van der Waals surface area contributed by atoms with Crippen LogP contribution in [0.25, 0.3) is 11.1 Å². The highest BCUT2D eigenvalue weighted by molar-refractivity contribution is 5.83. The van der Waals surface area contributed by atoms with Gasteiger partial charge in [0.25, 0.3) is 0 Å². The number of likely N-dealkylation sites (tertiary alicyclic amines) is 1. The topological polar surface area (TPSA) is 73.3 Å². The van der Waals surface area contributed by atoms with Gasteiger partial charge < -0.3 is 13.9 Å². The van der Waals surface area contributed by atoms with E-state index < -0.39 is 11.8 Å². The number of amides is 1. The second-order valence-electron chi connectivity index (χ2n) is 6.47. The Morgan fingerprint density at radius 3 is 3.00 bits per heavy atom. The van der Waals surface area contributed by atoms with Crippen LogP contribution in [0, 0.1) is 0 Å². The van der Waals surface area contributed by atoms with Gasteiger partial charge in [0.2, 0.25) is 5.91 Å². The van der Waals surface area contributed by atoms with Gasteiger partial charge in [-0.05, 0) is 31.9 Å². The molecule has 1 amide bonds. The van der Waals surface area contributed by atoms with E-state index in [0.717, 1.165) is 12.8 Å². The summed E-state index contributed by atoms with van der Waals surface area (Å²) in [5, 5.41) is 0. The maximum absolute atomic E-state index is 13.0. The molecular formula is C18H20N4O3. The molecule has 1 aliphatic heterocycles. The zero-order valence-electron chi connectivity index (χ0n) is 14.0. The van der Waals surface area contributed by atoms with E-state index in [2.05, 4.69) is 4.98 Å². The fourth-order valence-electron chi connectivity index (χ4n) is 3.61. The van der Waals surface area contributed by atoms with Crippen LogP contribution in [-0.2, 0) is 4.79 Å². The number of rotatable bonds is 3. The summed E-state index contributed by atoms with van der Waals surface area (Å²) in [6, 6.07) is 6.81. The highest BCUT2D eigenvalue weighted by atomic mass is 16.4. The Morgan fingerprint density at radius 1 is 1.36 bits per heavy atom. The molecule has 3 aromatic rings. The molecule has 1 aromatic carbocycles. The fourth-order valence-corrected chi connectivity index (χ4v) is 3.61. The first kappa shape index (κ1) is 15.7. The van der Waals surface area contributed by atoms with E-state index in [1.54, 1.807) is 31.6 Å². The van der Waals surface area contributed by atoms with Gasteiger partial charge in [0.1, 0.15) is 6.04 Å². The van der Waals surface area contributed by atoms with Crippen molar-refractivity contribution in [3.8, 4) is 0 Å². The maximum atomic E-state index is 13.0. The van der Waals surface area contributed by atoms with Crippen molar-refractivity contribution in [2.24, 2.45) is 0 Å². The summed E-state index contributed by atoms with van der Waals surface area (Å²) in [6.07, 6.45) is 7.41. The number of imidazole rings is 1. The molecule has 25 heavy (non-hydrogen) atoms. The van der Waals surface area contributed by atoms with Gasteiger partial charge in [-0.3, -0.25) is 9.36 Å². The Bertz CT molecular complexity index is 941. The predicted octanol–water partition coefficient (Wildman–Crippen LogP) is 2.22. The molecule has 3 heterocycles. The number of hydrogen-bond donors (Lipinski definition) is 0. The summed E-state index contributed by atoms with van der Waals surface area (Å²) in [7, 11) is 0. The van der Waals surface area contributed by atoms with Crippen LogP contribution in [0.15, 0.2) is 52.2 Å². The number of oxazole rings is 1. The molecule has 0 unspecified atom stereocenters. The van der Waals surface area contributed by atoms with E-state index in [0.29, 0.717) is 24.2 Å². The zero-order chi connectivity index (χ0) is 17.4. The number of piperidine rings is 1. The third kappa shape index (κ3) is 2.75. The monoisotopic (exact) mass is 340 g/mol. The number of carbonyl (C=O) groups is 1. The van der Waals surface area contributed by atoms with Crippen LogP contribution in [0.5, 0.6) is 0 Å². The third-order valence-electron chi connectivity index (χ3n) is 4.92. The van der Waals surface area contributed by atoms with E-state index >= 15 is 0 Å². The van der Waals surface area contributed by atoms with Gasteiger partial charge in [-0.2, -0.15) is 0 Å². The number of fused-ring (bicyclic) bond motifs is 1. The van der Waals surface area contributed by atoms with Crippen LogP contribution >= 0.6 is 0 Å². The van der Waals surface area contributed by atoms with Crippen molar-refractivity contribution in [1.82, 2.24) is 19.0 Å². The van der Waals surface area contributed by atoms with Crippen LogP contribution < -0.4 is 5.76 Å². The zero-order valence-corrected chi connectivity index (χ0v) is 14.0. The average Bonchev–Trinajstić information content (AvgIpc) is 3.27. The molecule has 0 spiro atoms. The third-order valence-corrected chi connectivity index (χ3v) is 4.92. The Morgan fingerprint density at radius 2 is 2.20 bits per heavy atom. The summed E-state index contributed by atoms with van der Waals surface area (Å²) >= 11 is 0. The van der Waals surface area contributed by atoms with Gasteiger partial charge in [0, 0.05) is 25.5 Å². The molecular weight excluding hydrogens is 320 g/mol. The minimum absolute atomic E-state index is 0.0570. The molecule has 7 heteroatoms. The largest absolute Gasteiger partial charge is 0.420 e. The van der Waals surface area contributed by atoms with Crippen molar-refractivity contribution in [3.63, 3.8) is 0 Å². The summed E-state index contributed by atoms with van der Waals surface area (Å²) in [6.45, 7) is 3.09. The lowest BCUT2D eigenvalue weighted by Crippen LogP contribution is -2.44. The molecule has 0 radical (unpaired) electrons. The van der Waals surface area contributed by atoms with E-state index in [9.17, 15) is 9.59 Å². The van der Waals surface area contributed by atoms with E-state index in [1.165, 1.54) is 4.57 Å². The van der Waals surface area contributed by atoms with Gasteiger partial charge in [0.05, 0.1) is 17.9 Å². The van der Waals surface area contributed by atoms with Crippen molar-refractivity contribution < 1.29 is 9.21 Å². The van der Waals surface area contributed by atoms with Crippen molar-refractivity contribution in [2.75, 3.05) is 13.1 Å². The van der Waals surface area contributed by atoms with Crippen LogP contribution in [0.4, 0.5) is 0 Å². The quantitative estimate of drug-likeness (QED) is 0.733. The summed E-state index contributed by atoms with van der Waals surface area (Å²) in [5.74, 6) is -0.552. The SMILES string of the molecule is C[C@@H](C(=O)N1CCC[C@@H](n2ccnc2)C1)n1c(=O)oc2ccccc21. The van der Waals surface area contributed by atoms with Gasteiger partial charge in [-0.1, -0.05) is 12.1 Å². The van der Waals surface area contributed by atoms with Crippen molar-refractivity contribution >= 4 is 17.0 Å². The van der Waals surface area contributed by atoms with Crippen LogP contribution in [0.1, 0.15) is 31.8 Å². The second-order valence-corrected chi connectivity index (χ2v) is 6.47. The molecule has 4 rings (SSSR count). The molecule has 0 N–H and O–H groups in total. The van der Waals surface area contributed by atoms with Gasteiger partial charge in [-0.15, -0.1) is 0 Å². The highest BCUT2D eigenvalue weighted by Gasteiger charge is 2.30. The minimum Gasteiger partial charge on any atom is -0.408 e. The Labute approximate surface area is 144 Å². The maximum Gasteiger partial charge on any atom is 0.420 e. The average molecular weight is 340 g/mol. The Kier molecular flexibility index (Phi) is 3.91. The van der Waals surface area contributed by atoms with Gasteiger partial charge in [0.15, 0.2) is 5.58 Å². The first-order valence-corrected chi connectivity index (χ1v) is 8.51. The molecule has 0 aliphatic carbocycles.